The summed E-state index contributed by atoms with van der Waals surface area (Å²) in [5.41, 5.74) is 10.8. The Bertz CT molecular complexity index is 1320. The molecule has 9 heteroatoms. The number of hydrogen-bond donors (Lipinski definition) is 1. The number of anilines is 1. The zero-order valence-electron chi connectivity index (χ0n) is 17.2. The number of imidazole rings is 1. The van der Waals surface area contributed by atoms with Crippen molar-refractivity contribution in [2.24, 2.45) is 0 Å². The molecule has 0 amide bonds. The first-order valence-electron chi connectivity index (χ1n) is 10.1. The van der Waals surface area contributed by atoms with Gasteiger partial charge >= 0.3 is 0 Å². The maximum absolute atomic E-state index is 6.08. The summed E-state index contributed by atoms with van der Waals surface area (Å²) in [6, 6.07) is 16.2. The smallest absolute Gasteiger partial charge is 0.268 e. The number of benzene rings is 2. The lowest BCUT2D eigenvalue weighted by Gasteiger charge is -2.13. The maximum atomic E-state index is 6.08. The Morgan fingerprint density at radius 1 is 1.12 bits per heavy atom. The Hall–Kier alpha value is -3.04. The molecule has 4 aromatic rings. The largest absolute Gasteiger partial charge is 0.454 e. The number of nitrogens with two attached hydrogens (primary N) is 1. The lowest BCUT2D eigenvalue weighted by atomic mass is 10.1. The van der Waals surface area contributed by atoms with Crippen LogP contribution in [0.5, 0.6) is 0 Å². The zero-order chi connectivity index (χ0) is 22.1. The van der Waals surface area contributed by atoms with E-state index >= 15 is 0 Å². The van der Waals surface area contributed by atoms with E-state index in [2.05, 4.69) is 55.6 Å². The fourth-order valence-corrected chi connectivity index (χ4v) is 4.87. The minimum atomic E-state index is -0.511. The molecule has 0 saturated carbocycles. The van der Waals surface area contributed by atoms with E-state index in [9.17, 15) is 0 Å². The number of hydrogen-bond acceptors (Lipinski definition) is 7. The molecule has 0 fully saturated rings. The summed E-state index contributed by atoms with van der Waals surface area (Å²) in [5.74, 6) is 0.357. The fourth-order valence-electron chi connectivity index (χ4n) is 3.56. The molecule has 2 aromatic heterocycles. The molecule has 32 heavy (non-hydrogen) atoms. The molecule has 0 aliphatic carbocycles. The molecule has 0 spiro atoms. The molecule has 1 unspecified atom stereocenters. The van der Waals surface area contributed by atoms with Crippen LogP contribution < -0.4 is 5.73 Å². The van der Waals surface area contributed by atoms with Crippen LogP contribution in [0.15, 0.2) is 75.8 Å². The van der Waals surface area contributed by atoms with Crippen LogP contribution >= 0.6 is 27.7 Å². The van der Waals surface area contributed by atoms with Crippen LogP contribution in [-0.2, 0) is 22.4 Å². The third-order valence-electron chi connectivity index (χ3n) is 5.25. The summed E-state index contributed by atoms with van der Waals surface area (Å²) in [4.78, 5) is 13.3. The number of halogens is 1. The Kier molecular flexibility index (Phi) is 5.75. The van der Waals surface area contributed by atoms with Gasteiger partial charge in [0, 0.05) is 16.6 Å². The van der Waals surface area contributed by atoms with Gasteiger partial charge in [-0.25, -0.2) is 15.0 Å². The summed E-state index contributed by atoms with van der Waals surface area (Å²) >= 11 is 4.93. The van der Waals surface area contributed by atoms with Crippen molar-refractivity contribution >= 4 is 44.7 Å². The van der Waals surface area contributed by atoms with Gasteiger partial charge in [-0.1, -0.05) is 58.4 Å². The Labute approximate surface area is 197 Å². The molecular weight excluding hydrogens is 490 g/mol. The molecule has 1 aliphatic rings. The van der Waals surface area contributed by atoms with Crippen molar-refractivity contribution in [1.82, 2.24) is 19.5 Å². The predicted molar refractivity (Wildman–Crippen MR) is 128 cm³/mol. The van der Waals surface area contributed by atoms with Crippen molar-refractivity contribution in [2.75, 3.05) is 5.73 Å². The number of ether oxygens (including phenoxy) is 2. The molecule has 1 atom stereocenters. The molecule has 0 radical (unpaired) electrons. The Morgan fingerprint density at radius 3 is 2.78 bits per heavy atom. The number of nitrogen functional groups attached to an aromatic ring is 1. The van der Waals surface area contributed by atoms with Gasteiger partial charge in [0.2, 0.25) is 5.09 Å². The van der Waals surface area contributed by atoms with E-state index in [1.807, 2.05) is 30.3 Å². The highest BCUT2D eigenvalue weighted by atomic mass is 79.9. The number of rotatable bonds is 6. The summed E-state index contributed by atoms with van der Waals surface area (Å²) < 4.78 is 14.8. The lowest BCUT2D eigenvalue weighted by molar-refractivity contribution is -0.0278. The van der Waals surface area contributed by atoms with Gasteiger partial charge in [-0.05, 0) is 42.3 Å². The van der Waals surface area contributed by atoms with E-state index < -0.39 is 6.29 Å². The highest BCUT2D eigenvalue weighted by Gasteiger charge is 2.26. The van der Waals surface area contributed by atoms with Crippen molar-refractivity contribution in [1.29, 1.82) is 0 Å². The summed E-state index contributed by atoms with van der Waals surface area (Å²) in [6.07, 6.45) is 3.42. The van der Waals surface area contributed by atoms with E-state index in [4.69, 9.17) is 20.2 Å². The van der Waals surface area contributed by atoms with Crippen LogP contribution in [0.1, 0.15) is 23.0 Å². The summed E-state index contributed by atoms with van der Waals surface area (Å²) in [7, 11) is 0. The minimum Gasteiger partial charge on any atom is -0.454 e. The molecule has 7 nitrogen and oxygen atoms in total. The van der Waals surface area contributed by atoms with Crippen LogP contribution in [0.2, 0.25) is 0 Å². The number of aryl methyl sites for hydroxylation is 3. The third kappa shape index (κ3) is 4.05. The van der Waals surface area contributed by atoms with Gasteiger partial charge in [0.25, 0.3) is 6.29 Å². The van der Waals surface area contributed by atoms with Crippen LogP contribution in [0, 0.1) is 6.92 Å². The first kappa shape index (κ1) is 20.8. The van der Waals surface area contributed by atoms with Crippen LogP contribution in [-0.4, -0.2) is 19.5 Å². The molecule has 162 valence electrons. The monoisotopic (exact) mass is 509 g/mol. The third-order valence-corrected chi connectivity index (χ3v) is 6.86. The van der Waals surface area contributed by atoms with E-state index in [1.165, 1.54) is 29.2 Å². The summed E-state index contributed by atoms with van der Waals surface area (Å²) in [6.45, 7) is 2.81. The first-order valence-corrected chi connectivity index (χ1v) is 11.7. The van der Waals surface area contributed by atoms with Gasteiger partial charge in [-0.3, -0.25) is 0 Å². The number of fused-ring (bicyclic) bond motifs is 1. The van der Waals surface area contributed by atoms with Gasteiger partial charge in [-0.2, -0.15) is 0 Å². The fraction of sp³-hybridized carbons (Fsp3) is 0.174. The van der Waals surface area contributed by atoms with E-state index in [-0.39, 0.29) is 0 Å². The molecule has 3 heterocycles. The van der Waals surface area contributed by atoms with Gasteiger partial charge in [0.1, 0.15) is 12.6 Å². The van der Waals surface area contributed by atoms with Gasteiger partial charge in [0.05, 0.1) is 0 Å². The Morgan fingerprint density at radius 2 is 1.94 bits per heavy atom. The molecule has 0 bridgehead atoms. The van der Waals surface area contributed by atoms with Crippen molar-refractivity contribution in [2.45, 2.75) is 31.3 Å². The lowest BCUT2D eigenvalue weighted by Crippen LogP contribution is -2.05. The van der Waals surface area contributed by atoms with Crippen molar-refractivity contribution in [3.8, 4) is 0 Å². The number of thioether (sulfide) groups is 1. The van der Waals surface area contributed by atoms with Crippen LogP contribution in [0.25, 0.3) is 11.2 Å². The zero-order valence-corrected chi connectivity index (χ0v) is 19.6. The predicted octanol–water partition coefficient (Wildman–Crippen LogP) is 5.36. The average Bonchev–Trinajstić information content (AvgIpc) is 3.39. The Balaban J connectivity index is 1.41. The van der Waals surface area contributed by atoms with Gasteiger partial charge < -0.3 is 19.8 Å². The molecule has 5 rings (SSSR count). The van der Waals surface area contributed by atoms with Crippen LogP contribution in [0.4, 0.5) is 5.82 Å². The van der Waals surface area contributed by atoms with E-state index in [0.717, 1.165) is 21.6 Å². The molecule has 0 saturated heterocycles. The number of nitrogens with zero attached hydrogens (tertiary/aromatic N) is 4. The van der Waals surface area contributed by atoms with Gasteiger partial charge in [-0.15, -0.1) is 0 Å². The van der Waals surface area contributed by atoms with E-state index in [0.29, 0.717) is 28.6 Å². The highest BCUT2D eigenvalue weighted by molar-refractivity contribution is 9.10. The van der Waals surface area contributed by atoms with E-state index in [1.54, 1.807) is 6.26 Å². The molecule has 1 aliphatic heterocycles. The number of aromatic nitrogens is 4. The minimum absolute atomic E-state index is 0.357. The van der Waals surface area contributed by atoms with Crippen molar-refractivity contribution < 1.29 is 9.47 Å². The van der Waals surface area contributed by atoms with Crippen molar-refractivity contribution in [3.05, 3.63) is 87.4 Å². The molecule has 2 aromatic carbocycles. The summed E-state index contributed by atoms with van der Waals surface area (Å²) in [5, 5.41) is 1.34. The quantitative estimate of drug-likeness (QED) is 0.374. The first-order chi connectivity index (χ1) is 15.6. The molecular formula is C23H20BrN5O2S. The van der Waals surface area contributed by atoms with Crippen LogP contribution in [0.3, 0.4) is 0 Å². The normalized spacial score (nSPS) is 15.4. The van der Waals surface area contributed by atoms with Crippen molar-refractivity contribution in [3.63, 3.8) is 0 Å². The standard InChI is InChI=1S/C23H20BrN5O2S/c1-14-6-2-3-7-15(14)10-11-29-21-19(20(25)26-13-27-21)28-23(29)32-18-12-30-22(31-18)16-8-4-5-9-17(16)24/h2-9,12-13,22H,10-11H2,1H3,(H2,25,26,27). The second kappa shape index (κ2) is 8.84. The molecule has 2 N–H and O–H groups in total. The van der Waals surface area contributed by atoms with Gasteiger partial charge in [0.15, 0.2) is 22.1 Å². The maximum Gasteiger partial charge on any atom is 0.268 e. The topological polar surface area (TPSA) is 88.1 Å². The SMILES string of the molecule is Cc1ccccc1CCn1c(SC2=COC(c3ccccc3Br)O2)nc2c(N)ncnc21. The second-order valence-corrected chi connectivity index (χ2v) is 9.13. The second-order valence-electron chi connectivity index (χ2n) is 7.30. The average molecular weight is 510 g/mol. The highest BCUT2D eigenvalue weighted by Crippen LogP contribution is 2.40.